The van der Waals surface area contributed by atoms with Gasteiger partial charge in [-0.25, -0.2) is 0 Å². The Labute approximate surface area is 178 Å². The van der Waals surface area contributed by atoms with Crippen LogP contribution in [0.3, 0.4) is 0 Å². The van der Waals surface area contributed by atoms with Gasteiger partial charge in [-0.15, -0.1) is 0 Å². The van der Waals surface area contributed by atoms with E-state index in [1.165, 1.54) is 0 Å². The fraction of sp³-hybridized carbons (Fsp3) is 0.480. The van der Waals surface area contributed by atoms with Crippen LogP contribution in [0, 0.1) is 0 Å². The minimum Gasteiger partial charge on any atom is -0.486 e. The van der Waals surface area contributed by atoms with Gasteiger partial charge in [0.05, 0.1) is 5.41 Å². The summed E-state index contributed by atoms with van der Waals surface area (Å²) in [7, 11) is 0. The fourth-order valence-corrected chi connectivity index (χ4v) is 5.18. The van der Waals surface area contributed by atoms with Crippen molar-refractivity contribution in [1.82, 2.24) is 9.80 Å². The Hall–Kier alpha value is -2.53. The number of benzene rings is 2. The predicted octanol–water partition coefficient (Wildman–Crippen LogP) is 3.48. The van der Waals surface area contributed by atoms with Crippen molar-refractivity contribution in [2.75, 3.05) is 32.8 Å². The number of para-hydroxylation sites is 2. The number of fused-ring (bicyclic) bond motifs is 1. The molecule has 2 aromatic carbocycles. The molecule has 3 aliphatic heterocycles. The molecule has 5 heteroatoms. The zero-order chi connectivity index (χ0) is 20.6. The molecule has 2 saturated heterocycles. The highest BCUT2D eigenvalue weighted by atomic mass is 16.6. The number of amides is 1. The molecule has 0 radical (unpaired) electrons. The van der Waals surface area contributed by atoms with Gasteiger partial charge in [-0.2, -0.15) is 0 Å². The van der Waals surface area contributed by atoms with Crippen LogP contribution in [0.2, 0.25) is 0 Å². The number of nitrogens with zero attached hydrogens (tertiary/aromatic N) is 2. The first-order valence-electron chi connectivity index (χ1n) is 11.1. The molecule has 3 atom stereocenters. The lowest BCUT2D eigenvalue weighted by Gasteiger charge is -2.40. The van der Waals surface area contributed by atoms with Gasteiger partial charge in [0, 0.05) is 25.7 Å². The van der Waals surface area contributed by atoms with Crippen LogP contribution in [0.15, 0.2) is 54.6 Å². The molecule has 0 unspecified atom stereocenters. The molecule has 0 N–H and O–H groups in total. The van der Waals surface area contributed by atoms with Crippen LogP contribution in [0.5, 0.6) is 11.5 Å². The van der Waals surface area contributed by atoms with E-state index < -0.39 is 5.41 Å². The van der Waals surface area contributed by atoms with Crippen molar-refractivity contribution in [3.63, 3.8) is 0 Å². The largest absolute Gasteiger partial charge is 0.486 e. The molecule has 0 saturated carbocycles. The monoisotopic (exact) mass is 406 g/mol. The number of rotatable bonds is 4. The molecule has 5 nitrogen and oxygen atoms in total. The van der Waals surface area contributed by atoms with Crippen molar-refractivity contribution in [3.8, 4) is 11.5 Å². The molecule has 30 heavy (non-hydrogen) atoms. The standard InChI is InChI=1S/C25H30N2O3/c1-25(19-8-3-2-4-9-19)13-15-27(24(25)28)20-10-7-14-26(16-20)17-21-18-29-22-11-5-6-12-23(22)30-21/h2-6,8-9,11-12,20-21H,7,10,13-18H2,1H3/t20-,21-,25+/m0/s1. The summed E-state index contributed by atoms with van der Waals surface area (Å²) in [5, 5.41) is 0. The molecule has 3 heterocycles. The lowest BCUT2D eigenvalue weighted by atomic mass is 9.81. The minimum absolute atomic E-state index is 0.0301. The summed E-state index contributed by atoms with van der Waals surface area (Å²) < 4.78 is 12.0. The third-order valence-corrected chi connectivity index (χ3v) is 6.95. The Morgan fingerprint density at radius 3 is 2.63 bits per heavy atom. The van der Waals surface area contributed by atoms with Gasteiger partial charge in [0.15, 0.2) is 11.5 Å². The SMILES string of the molecule is C[C@]1(c2ccccc2)CCN([C@H]2CCCN(C[C@H]3COc4ccccc4O3)C2)C1=O. The summed E-state index contributed by atoms with van der Waals surface area (Å²) >= 11 is 0. The van der Waals surface area contributed by atoms with Gasteiger partial charge < -0.3 is 14.4 Å². The summed E-state index contributed by atoms with van der Waals surface area (Å²) in [6.45, 7) is 6.33. The van der Waals surface area contributed by atoms with Crippen LogP contribution in [-0.2, 0) is 10.2 Å². The number of hydrogen-bond acceptors (Lipinski definition) is 4. The summed E-state index contributed by atoms with van der Waals surface area (Å²) in [4.78, 5) is 18.0. The second-order valence-corrected chi connectivity index (χ2v) is 9.00. The van der Waals surface area contributed by atoms with E-state index >= 15 is 0 Å². The highest BCUT2D eigenvalue weighted by Gasteiger charge is 2.46. The maximum absolute atomic E-state index is 13.4. The second kappa shape index (κ2) is 7.95. The number of carbonyl (C=O) groups is 1. The van der Waals surface area contributed by atoms with Gasteiger partial charge in [-0.05, 0) is 50.4 Å². The number of hydrogen-bond donors (Lipinski definition) is 0. The first-order chi connectivity index (χ1) is 14.6. The summed E-state index contributed by atoms with van der Waals surface area (Å²) in [6.07, 6.45) is 3.11. The third kappa shape index (κ3) is 3.56. The number of likely N-dealkylation sites (tertiary alicyclic amines) is 2. The van der Waals surface area contributed by atoms with E-state index in [1.54, 1.807) is 0 Å². The first kappa shape index (κ1) is 19.4. The van der Waals surface area contributed by atoms with Gasteiger partial charge in [0.25, 0.3) is 0 Å². The molecule has 158 valence electrons. The normalized spacial score (nSPS) is 29.2. The number of carbonyl (C=O) groups excluding carboxylic acids is 1. The molecule has 5 rings (SSSR count). The average molecular weight is 407 g/mol. The van der Waals surface area contributed by atoms with E-state index in [-0.39, 0.29) is 18.1 Å². The van der Waals surface area contributed by atoms with Crippen molar-refractivity contribution in [1.29, 1.82) is 0 Å². The van der Waals surface area contributed by atoms with Crippen LogP contribution in [0.25, 0.3) is 0 Å². The summed E-state index contributed by atoms with van der Waals surface area (Å²) in [6, 6.07) is 18.4. The van der Waals surface area contributed by atoms with Gasteiger partial charge in [0.2, 0.25) is 5.91 Å². The topological polar surface area (TPSA) is 42.0 Å². The number of ether oxygens (including phenoxy) is 2. The fourth-order valence-electron chi connectivity index (χ4n) is 5.18. The van der Waals surface area contributed by atoms with Gasteiger partial charge in [-0.3, -0.25) is 9.69 Å². The van der Waals surface area contributed by atoms with Crippen molar-refractivity contribution >= 4 is 5.91 Å². The maximum atomic E-state index is 13.4. The Morgan fingerprint density at radius 2 is 1.80 bits per heavy atom. The highest BCUT2D eigenvalue weighted by Crippen LogP contribution is 2.37. The molecule has 2 fully saturated rings. The molecule has 1 amide bonds. The quantitative estimate of drug-likeness (QED) is 0.780. The minimum atomic E-state index is -0.395. The van der Waals surface area contributed by atoms with Crippen LogP contribution in [-0.4, -0.2) is 60.6 Å². The first-order valence-corrected chi connectivity index (χ1v) is 11.1. The van der Waals surface area contributed by atoms with E-state index in [1.807, 2.05) is 42.5 Å². The van der Waals surface area contributed by atoms with Crippen LogP contribution >= 0.6 is 0 Å². The molecule has 0 aliphatic carbocycles. The molecular weight excluding hydrogens is 376 g/mol. The molecule has 0 aromatic heterocycles. The Balaban J connectivity index is 1.23. The van der Waals surface area contributed by atoms with E-state index in [0.717, 1.165) is 62.5 Å². The van der Waals surface area contributed by atoms with Crippen molar-refractivity contribution < 1.29 is 14.3 Å². The van der Waals surface area contributed by atoms with Crippen LogP contribution in [0.4, 0.5) is 0 Å². The Kier molecular flexibility index (Phi) is 5.15. The molecule has 2 aromatic rings. The lowest BCUT2D eigenvalue weighted by Crippen LogP contribution is -2.52. The van der Waals surface area contributed by atoms with Crippen LogP contribution in [0.1, 0.15) is 31.7 Å². The Bertz CT molecular complexity index is 902. The van der Waals surface area contributed by atoms with Crippen molar-refractivity contribution in [2.45, 2.75) is 43.7 Å². The molecule has 3 aliphatic rings. The maximum Gasteiger partial charge on any atom is 0.233 e. The van der Waals surface area contributed by atoms with Gasteiger partial charge in [-0.1, -0.05) is 42.5 Å². The smallest absolute Gasteiger partial charge is 0.233 e. The zero-order valence-corrected chi connectivity index (χ0v) is 17.6. The van der Waals surface area contributed by atoms with Gasteiger partial charge >= 0.3 is 0 Å². The average Bonchev–Trinajstić information content (AvgIpc) is 3.10. The van der Waals surface area contributed by atoms with E-state index in [0.29, 0.717) is 6.61 Å². The zero-order valence-electron chi connectivity index (χ0n) is 17.6. The third-order valence-electron chi connectivity index (χ3n) is 6.95. The van der Waals surface area contributed by atoms with Crippen molar-refractivity contribution in [3.05, 3.63) is 60.2 Å². The van der Waals surface area contributed by atoms with E-state index in [2.05, 4.69) is 28.9 Å². The van der Waals surface area contributed by atoms with E-state index in [4.69, 9.17) is 9.47 Å². The summed E-state index contributed by atoms with van der Waals surface area (Å²) in [5.74, 6) is 1.94. The van der Waals surface area contributed by atoms with E-state index in [9.17, 15) is 4.79 Å². The van der Waals surface area contributed by atoms with Gasteiger partial charge in [0.1, 0.15) is 12.7 Å². The molecule has 0 spiro atoms. The molecule has 0 bridgehead atoms. The summed E-state index contributed by atoms with van der Waals surface area (Å²) in [5.41, 5.74) is 0.740. The van der Waals surface area contributed by atoms with Crippen LogP contribution < -0.4 is 9.47 Å². The Morgan fingerprint density at radius 1 is 1.03 bits per heavy atom. The highest BCUT2D eigenvalue weighted by molar-refractivity contribution is 5.90. The molecular formula is C25H30N2O3. The second-order valence-electron chi connectivity index (χ2n) is 9.00. The predicted molar refractivity (Wildman–Crippen MR) is 116 cm³/mol. The number of piperidine rings is 1. The lowest BCUT2D eigenvalue weighted by molar-refractivity contribution is -0.135. The van der Waals surface area contributed by atoms with Crippen molar-refractivity contribution in [2.24, 2.45) is 0 Å².